The molecule has 19 heavy (non-hydrogen) atoms. The highest BCUT2D eigenvalue weighted by molar-refractivity contribution is 5.64. The molecule has 2 N–H and O–H groups in total. The maximum atomic E-state index is 5.87. The van der Waals surface area contributed by atoms with Crippen LogP contribution in [0.2, 0.25) is 0 Å². The maximum absolute atomic E-state index is 5.87. The minimum absolute atomic E-state index is 0.305. The van der Waals surface area contributed by atoms with Crippen molar-refractivity contribution in [3.05, 3.63) is 42.2 Å². The van der Waals surface area contributed by atoms with Crippen LogP contribution in [0, 0.1) is 0 Å². The molecule has 0 aliphatic rings. The molecule has 0 spiro atoms. The van der Waals surface area contributed by atoms with Gasteiger partial charge in [-0.25, -0.2) is 4.98 Å². The van der Waals surface area contributed by atoms with Gasteiger partial charge in [-0.3, -0.25) is 0 Å². The van der Waals surface area contributed by atoms with Gasteiger partial charge < -0.3 is 10.5 Å². The number of methoxy groups -OCH3 is 1. The van der Waals surface area contributed by atoms with Crippen molar-refractivity contribution in [2.24, 2.45) is 0 Å². The van der Waals surface area contributed by atoms with Crippen LogP contribution in [-0.2, 0) is 11.3 Å². The number of rotatable bonds is 3. The Bertz CT molecular complexity index is 708. The zero-order valence-corrected chi connectivity index (χ0v) is 10.4. The van der Waals surface area contributed by atoms with Crippen molar-refractivity contribution in [3.63, 3.8) is 0 Å². The third-order valence-electron chi connectivity index (χ3n) is 2.74. The zero-order chi connectivity index (χ0) is 13.2. The van der Waals surface area contributed by atoms with E-state index in [1.54, 1.807) is 7.11 Å². The largest absolute Gasteiger partial charge is 0.377 e. The molecule has 0 saturated heterocycles. The van der Waals surface area contributed by atoms with Crippen LogP contribution in [0.1, 0.15) is 5.82 Å². The first kappa shape index (κ1) is 11.6. The SMILES string of the molecule is COCc1nc(N)n2nc(-c3ccccc3)cc2n1. The van der Waals surface area contributed by atoms with E-state index in [0.29, 0.717) is 24.0 Å². The van der Waals surface area contributed by atoms with Crippen LogP contribution in [0.4, 0.5) is 5.95 Å². The smallest absolute Gasteiger partial charge is 0.225 e. The van der Waals surface area contributed by atoms with E-state index in [2.05, 4.69) is 15.1 Å². The van der Waals surface area contributed by atoms with Crippen LogP contribution in [0.15, 0.2) is 36.4 Å². The van der Waals surface area contributed by atoms with Crippen molar-refractivity contribution in [2.45, 2.75) is 6.61 Å². The molecule has 3 rings (SSSR count). The Morgan fingerprint density at radius 1 is 1.21 bits per heavy atom. The lowest BCUT2D eigenvalue weighted by atomic mass is 10.2. The van der Waals surface area contributed by atoms with Crippen LogP contribution in [0.3, 0.4) is 0 Å². The van der Waals surface area contributed by atoms with Crippen molar-refractivity contribution >= 4 is 11.6 Å². The molecular weight excluding hydrogens is 242 g/mol. The molecule has 0 unspecified atom stereocenters. The summed E-state index contributed by atoms with van der Waals surface area (Å²) in [6.45, 7) is 0.326. The van der Waals surface area contributed by atoms with Gasteiger partial charge in [0.15, 0.2) is 11.5 Å². The molecule has 0 aliphatic heterocycles. The molecule has 96 valence electrons. The van der Waals surface area contributed by atoms with Gasteiger partial charge in [0.1, 0.15) is 6.61 Å². The second-order valence-electron chi connectivity index (χ2n) is 4.10. The fourth-order valence-corrected chi connectivity index (χ4v) is 1.90. The Morgan fingerprint density at radius 3 is 2.74 bits per heavy atom. The van der Waals surface area contributed by atoms with E-state index in [1.165, 1.54) is 4.52 Å². The Kier molecular flexibility index (Phi) is 2.85. The Labute approximate surface area is 109 Å². The standard InChI is InChI=1S/C13H13N5O/c1-19-8-11-15-12-7-10(9-5-3-2-4-6-9)17-18(12)13(14)16-11/h2-7H,8H2,1H3,(H2,14,15,16). The van der Waals surface area contributed by atoms with Crippen LogP contribution in [0.5, 0.6) is 0 Å². The summed E-state index contributed by atoms with van der Waals surface area (Å²) < 4.78 is 6.54. The van der Waals surface area contributed by atoms with E-state index < -0.39 is 0 Å². The van der Waals surface area contributed by atoms with Crippen LogP contribution in [-0.4, -0.2) is 26.7 Å². The van der Waals surface area contributed by atoms with Gasteiger partial charge >= 0.3 is 0 Å². The van der Waals surface area contributed by atoms with Gasteiger partial charge in [-0.2, -0.15) is 14.6 Å². The first-order chi connectivity index (χ1) is 9.28. The number of aromatic nitrogens is 4. The molecule has 0 bridgehead atoms. The first-order valence-corrected chi connectivity index (χ1v) is 5.84. The van der Waals surface area contributed by atoms with E-state index in [9.17, 15) is 0 Å². The summed E-state index contributed by atoms with van der Waals surface area (Å²) in [5.74, 6) is 0.853. The lowest BCUT2D eigenvalue weighted by molar-refractivity contribution is 0.178. The number of hydrogen-bond acceptors (Lipinski definition) is 5. The molecular formula is C13H13N5O. The Hall–Kier alpha value is -2.47. The predicted molar refractivity (Wildman–Crippen MR) is 71.3 cm³/mol. The van der Waals surface area contributed by atoms with E-state index >= 15 is 0 Å². The van der Waals surface area contributed by atoms with Crippen molar-refractivity contribution in [3.8, 4) is 11.3 Å². The van der Waals surface area contributed by atoms with Gasteiger partial charge in [-0.1, -0.05) is 30.3 Å². The molecule has 0 atom stereocenters. The monoisotopic (exact) mass is 255 g/mol. The average Bonchev–Trinajstić information content (AvgIpc) is 2.85. The van der Waals surface area contributed by atoms with Crippen molar-refractivity contribution in [1.82, 2.24) is 19.6 Å². The molecule has 2 aromatic heterocycles. The third-order valence-corrected chi connectivity index (χ3v) is 2.74. The summed E-state index contributed by atoms with van der Waals surface area (Å²) in [6, 6.07) is 11.7. The van der Waals surface area contributed by atoms with E-state index in [4.69, 9.17) is 10.5 Å². The molecule has 1 aromatic carbocycles. The number of nitrogens with two attached hydrogens (primary N) is 1. The van der Waals surface area contributed by atoms with Gasteiger partial charge in [0.05, 0.1) is 5.69 Å². The van der Waals surface area contributed by atoms with Crippen molar-refractivity contribution in [2.75, 3.05) is 12.8 Å². The lowest BCUT2D eigenvalue weighted by Crippen LogP contribution is -2.07. The van der Waals surface area contributed by atoms with E-state index in [1.807, 2.05) is 36.4 Å². The molecule has 0 saturated carbocycles. The van der Waals surface area contributed by atoms with Gasteiger partial charge in [0, 0.05) is 18.7 Å². The Morgan fingerprint density at radius 2 is 2.00 bits per heavy atom. The molecule has 0 fully saturated rings. The van der Waals surface area contributed by atoms with Crippen LogP contribution < -0.4 is 5.73 Å². The third kappa shape index (κ3) is 2.13. The average molecular weight is 255 g/mol. The Balaban J connectivity index is 2.13. The fourth-order valence-electron chi connectivity index (χ4n) is 1.90. The molecule has 0 radical (unpaired) electrons. The maximum Gasteiger partial charge on any atom is 0.225 e. The predicted octanol–water partition coefficient (Wildman–Crippen LogP) is 1.52. The van der Waals surface area contributed by atoms with E-state index in [0.717, 1.165) is 11.3 Å². The molecule has 3 aromatic rings. The summed E-state index contributed by atoms with van der Waals surface area (Å²) in [7, 11) is 1.59. The fraction of sp³-hybridized carbons (Fsp3) is 0.154. The topological polar surface area (TPSA) is 78.3 Å². The van der Waals surface area contributed by atoms with Gasteiger partial charge in [0.25, 0.3) is 0 Å². The quantitative estimate of drug-likeness (QED) is 0.767. The lowest BCUT2D eigenvalue weighted by Gasteiger charge is -2.01. The second-order valence-corrected chi connectivity index (χ2v) is 4.10. The molecule has 6 nitrogen and oxygen atoms in total. The van der Waals surface area contributed by atoms with E-state index in [-0.39, 0.29) is 0 Å². The van der Waals surface area contributed by atoms with Gasteiger partial charge in [-0.15, -0.1) is 0 Å². The highest BCUT2D eigenvalue weighted by atomic mass is 16.5. The number of benzene rings is 1. The second kappa shape index (κ2) is 4.66. The highest BCUT2D eigenvalue weighted by Gasteiger charge is 2.09. The number of nitrogen functional groups attached to an aromatic ring is 1. The minimum atomic E-state index is 0.305. The number of hydrogen-bond donors (Lipinski definition) is 1. The highest BCUT2D eigenvalue weighted by Crippen LogP contribution is 2.19. The van der Waals surface area contributed by atoms with Gasteiger partial charge in [-0.05, 0) is 0 Å². The summed E-state index contributed by atoms with van der Waals surface area (Å²) in [5.41, 5.74) is 8.37. The molecule has 6 heteroatoms. The zero-order valence-electron chi connectivity index (χ0n) is 10.4. The van der Waals surface area contributed by atoms with Crippen LogP contribution in [0.25, 0.3) is 16.9 Å². The summed E-state index contributed by atoms with van der Waals surface area (Å²) in [5, 5.41) is 4.41. The molecule has 0 amide bonds. The summed E-state index contributed by atoms with van der Waals surface area (Å²) >= 11 is 0. The number of fused-ring (bicyclic) bond motifs is 1. The van der Waals surface area contributed by atoms with Crippen molar-refractivity contribution in [1.29, 1.82) is 0 Å². The first-order valence-electron chi connectivity index (χ1n) is 5.84. The number of ether oxygens (including phenoxy) is 1. The number of nitrogens with zero attached hydrogens (tertiary/aromatic N) is 4. The molecule has 0 aliphatic carbocycles. The molecule has 2 heterocycles. The van der Waals surface area contributed by atoms with Crippen LogP contribution >= 0.6 is 0 Å². The minimum Gasteiger partial charge on any atom is -0.377 e. The summed E-state index contributed by atoms with van der Waals surface area (Å²) in [4.78, 5) is 8.50. The summed E-state index contributed by atoms with van der Waals surface area (Å²) in [6.07, 6.45) is 0. The van der Waals surface area contributed by atoms with Crippen molar-refractivity contribution < 1.29 is 4.74 Å². The van der Waals surface area contributed by atoms with Gasteiger partial charge in [0.2, 0.25) is 5.95 Å². The normalized spacial score (nSPS) is 11.0. The number of anilines is 1.